The maximum atomic E-state index is 4.03. The van der Waals surface area contributed by atoms with Gasteiger partial charge in [0.1, 0.15) is 0 Å². The van der Waals surface area contributed by atoms with E-state index < -0.39 is 0 Å². The van der Waals surface area contributed by atoms with E-state index in [0.29, 0.717) is 0 Å². The molecule has 0 unspecified atom stereocenters. The number of rotatable bonds is 0. The first kappa shape index (κ1) is 10.8. The summed E-state index contributed by atoms with van der Waals surface area (Å²) in [5.74, 6) is 0. The van der Waals surface area contributed by atoms with Crippen molar-refractivity contribution in [1.29, 1.82) is 0 Å². The average molecular weight is 260 g/mol. The topological polar surface area (TPSA) is 0 Å². The number of hydrogen-bond acceptors (Lipinski definition) is 1. The summed E-state index contributed by atoms with van der Waals surface area (Å²) < 4.78 is 2.42. The van der Waals surface area contributed by atoms with Crippen molar-refractivity contribution in [3.63, 3.8) is 0 Å². The molecule has 4 rings (SSSR count). The summed E-state index contributed by atoms with van der Waals surface area (Å²) in [6.45, 7) is 4.03. The molecule has 90 valence electrons. The molecule has 0 radical (unpaired) electrons. The number of thiophene rings is 1. The van der Waals surface area contributed by atoms with Crippen molar-refractivity contribution in [2.45, 2.75) is 0 Å². The smallest absolute Gasteiger partial charge is 0.0361 e. The van der Waals surface area contributed by atoms with E-state index >= 15 is 0 Å². The van der Waals surface area contributed by atoms with Gasteiger partial charge in [0.05, 0.1) is 0 Å². The van der Waals surface area contributed by atoms with Gasteiger partial charge in [-0.05, 0) is 34.4 Å². The van der Waals surface area contributed by atoms with E-state index in [4.69, 9.17) is 0 Å². The lowest BCUT2D eigenvalue weighted by Gasteiger charge is -2.00. The Balaban J connectivity index is 2.22. The Morgan fingerprint density at radius 3 is 1.63 bits per heavy atom. The third-order valence-corrected chi connectivity index (χ3v) is 4.55. The van der Waals surface area contributed by atoms with Crippen LogP contribution in [0.25, 0.3) is 23.3 Å². The molecule has 0 amide bonds. The molecule has 0 saturated carbocycles. The zero-order chi connectivity index (χ0) is 12.8. The molecular formula is C18H12S. The summed E-state index contributed by atoms with van der Waals surface area (Å²) in [4.78, 5) is 0. The van der Waals surface area contributed by atoms with Crippen LogP contribution in [0.15, 0.2) is 60.7 Å². The van der Waals surface area contributed by atoms with Crippen LogP contribution in [0.4, 0.5) is 0 Å². The monoisotopic (exact) mass is 260 g/mol. The second-order valence-electron chi connectivity index (χ2n) is 4.73. The molecular weight excluding hydrogens is 248 g/mol. The van der Waals surface area contributed by atoms with Crippen LogP contribution in [0.5, 0.6) is 0 Å². The molecule has 0 aliphatic heterocycles. The molecule has 2 aromatic carbocycles. The van der Waals surface area contributed by atoms with Gasteiger partial charge in [0.25, 0.3) is 0 Å². The van der Waals surface area contributed by atoms with E-state index in [0.717, 1.165) is 4.53 Å². The van der Waals surface area contributed by atoms with Gasteiger partial charge in [-0.2, -0.15) is 0 Å². The van der Waals surface area contributed by atoms with Crippen molar-refractivity contribution < 1.29 is 0 Å². The van der Waals surface area contributed by atoms with E-state index in [1.54, 1.807) is 11.3 Å². The van der Waals surface area contributed by atoms with Crippen molar-refractivity contribution in [2.24, 2.45) is 0 Å². The Hall–Kier alpha value is -2.12. The minimum absolute atomic E-state index is 1.12. The zero-order valence-corrected chi connectivity index (χ0v) is 11.2. The highest BCUT2D eigenvalue weighted by Crippen LogP contribution is 2.42. The summed E-state index contributed by atoms with van der Waals surface area (Å²) in [5, 5.41) is 0. The van der Waals surface area contributed by atoms with E-state index in [-0.39, 0.29) is 0 Å². The summed E-state index contributed by atoms with van der Waals surface area (Å²) in [6, 6.07) is 21.6. The molecule has 0 atom stereocenters. The van der Waals surface area contributed by atoms with Gasteiger partial charge < -0.3 is 0 Å². The molecule has 0 N–H and O–H groups in total. The van der Waals surface area contributed by atoms with Crippen LogP contribution in [-0.4, -0.2) is 0 Å². The molecule has 1 aliphatic rings. The molecule has 1 heterocycles. The normalized spacial score (nSPS) is 12.3. The largest absolute Gasteiger partial charge is 0.136 e. The van der Waals surface area contributed by atoms with Crippen molar-refractivity contribution in [1.82, 2.24) is 0 Å². The Bertz CT molecular complexity index is 836. The molecule has 0 saturated heterocycles. The van der Waals surface area contributed by atoms with E-state index in [1.165, 1.54) is 32.4 Å². The average Bonchev–Trinajstić information content (AvgIpc) is 3.00. The molecule has 1 aromatic heterocycles. The van der Waals surface area contributed by atoms with E-state index in [9.17, 15) is 0 Å². The first-order valence-electron chi connectivity index (χ1n) is 6.33. The molecule has 1 heteroatoms. The highest BCUT2D eigenvalue weighted by molar-refractivity contribution is 7.07. The van der Waals surface area contributed by atoms with Crippen LogP contribution in [0, 0.1) is 0 Å². The van der Waals surface area contributed by atoms with Gasteiger partial charge in [-0.25, -0.2) is 0 Å². The van der Waals surface area contributed by atoms with Crippen LogP contribution in [0.2, 0.25) is 0 Å². The van der Waals surface area contributed by atoms with Gasteiger partial charge in [-0.3, -0.25) is 0 Å². The molecule has 0 fully saturated rings. The van der Waals surface area contributed by atoms with Gasteiger partial charge >= 0.3 is 0 Å². The van der Waals surface area contributed by atoms with E-state index in [2.05, 4.69) is 67.2 Å². The molecule has 0 nitrogen and oxygen atoms in total. The van der Waals surface area contributed by atoms with Crippen LogP contribution in [0.1, 0.15) is 11.1 Å². The van der Waals surface area contributed by atoms with Crippen molar-refractivity contribution in [3.8, 4) is 11.1 Å². The van der Waals surface area contributed by atoms with E-state index in [1.807, 2.05) is 0 Å². The lowest BCUT2D eigenvalue weighted by Crippen LogP contribution is -2.00. The summed E-state index contributed by atoms with van der Waals surface area (Å²) >= 11 is 1.76. The van der Waals surface area contributed by atoms with Gasteiger partial charge in [-0.1, -0.05) is 55.1 Å². The van der Waals surface area contributed by atoms with Crippen molar-refractivity contribution in [3.05, 3.63) is 80.9 Å². The Labute approximate surface area is 116 Å². The lowest BCUT2D eigenvalue weighted by molar-refractivity contribution is 1.64. The van der Waals surface area contributed by atoms with Crippen LogP contribution >= 0.6 is 11.3 Å². The highest BCUT2D eigenvalue weighted by atomic mass is 32.1. The van der Waals surface area contributed by atoms with Gasteiger partial charge in [0.2, 0.25) is 0 Å². The lowest BCUT2D eigenvalue weighted by atomic mass is 10.1. The van der Waals surface area contributed by atoms with Crippen LogP contribution in [-0.2, 0) is 0 Å². The number of fused-ring (bicyclic) bond motifs is 3. The zero-order valence-electron chi connectivity index (χ0n) is 10.4. The third-order valence-electron chi connectivity index (χ3n) is 3.59. The Morgan fingerprint density at radius 2 is 1.16 bits per heavy atom. The van der Waals surface area contributed by atoms with Gasteiger partial charge in [0, 0.05) is 14.6 Å². The highest BCUT2D eigenvalue weighted by Gasteiger charge is 2.22. The molecule has 0 spiro atoms. The third kappa shape index (κ3) is 1.52. The second-order valence-corrected chi connectivity index (χ2v) is 5.90. The molecule has 0 bridgehead atoms. The minimum Gasteiger partial charge on any atom is -0.136 e. The predicted molar refractivity (Wildman–Crippen MR) is 82.6 cm³/mol. The number of hydrogen-bond donors (Lipinski definition) is 0. The fraction of sp³-hybridized carbons (Fsp3) is 0. The maximum absolute atomic E-state index is 4.03. The standard InChI is InChI=1S/C18H12S/c1-12-10-11-17(19-12)18-15-8-4-2-6-13(15)14-7-3-5-9-16(14)18/h2-11H,1H2. The second kappa shape index (κ2) is 3.94. The van der Waals surface area contributed by atoms with Gasteiger partial charge in [-0.15, -0.1) is 11.3 Å². The Kier molecular flexibility index (Phi) is 2.23. The van der Waals surface area contributed by atoms with Crippen LogP contribution in [0.3, 0.4) is 0 Å². The fourth-order valence-electron chi connectivity index (χ4n) is 2.79. The quantitative estimate of drug-likeness (QED) is 0.454. The first-order valence-corrected chi connectivity index (χ1v) is 7.14. The fourth-order valence-corrected chi connectivity index (χ4v) is 3.67. The maximum Gasteiger partial charge on any atom is 0.0361 e. The van der Waals surface area contributed by atoms with Crippen molar-refractivity contribution in [2.75, 3.05) is 0 Å². The molecule has 19 heavy (non-hydrogen) atoms. The summed E-state index contributed by atoms with van der Waals surface area (Å²) in [5.41, 5.74) is 6.71. The van der Waals surface area contributed by atoms with Crippen LogP contribution < -0.4 is 9.06 Å². The first-order chi connectivity index (χ1) is 9.34. The van der Waals surface area contributed by atoms with Gasteiger partial charge in [0.15, 0.2) is 0 Å². The van der Waals surface area contributed by atoms with Crippen molar-refractivity contribution >= 4 is 23.5 Å². The number of benzene rings is 2. The molecule has 3 aromatic rings. The molecule has 1 aliphatic carbocycles. The summed E-state index contributed by atoms with van der Waals surface area (Å²) in [7, 11) is 0. The minimum atomic E-state index is 1.12. The predicted octanol–water partition coefficient (Wildman–Crippen LogP) is 3.39. The summed E-state index contributed by atoms with van der Waals surface area (Å²) in [6.07, 6.45) is 0. The SMILES string of the molecule is C=c1ccc(=C2c3ccccc3-c3ccccc32)s1. The Morgan fingerprint density at radius 1 is 0.632 bits per heavy atom.